The van der Waals surface area contributed by atoms with E-state index in [2.05, 4.69) is 5.32 Å². The maximum atomic E-state index is 13.3. The predicted octanol–water partition coefficient (Wildman–Crippen LogP) is 5.18. The van der Waals surface area contributed by atoms with Gasteiger partial charge in [-0.3, -0.25) is 9.59 Å². The molecule has 0 radical (unpaired) electrons. The molecule has 4 nitrogen and oxygen atoms in total. The highest BCUT2D eigenvalue weighted by Crippen LogP contribution is 2.24. The molecule has 2 aromatic carbocycles. The van der Waals surface area contributed by atoms with Crippen molar-refractivity contribution in [3.63, 3.8) is 0 Å². The fourth-order valence-corrected chi connectivity index (χ4v) is 3.52. The summed E-state index contributed by atoms with van der Waals surface area (Å²) in [5, 5.41) is 3.79. The van der Waals surface area contributed by atoms with Crippen LogP contribution in [0.2, 0.25) is 10.0 Å². The molecule has 0 saturated heterocycles. The molecule has 0 aliphatic rings. The van der Waals surface area contributed by atoms with Gasteiger partial charge in [0.05, 0.1) is 16.5 Å². The topological polar surface area (TPSA) is 49.4 Å². The Morgan fingerprint density at radius 1 is 1.07 bits per heavy atom. The molecule has 1 atom stereocenters. The zero-order valence-corrected chi connectivity index (χ0v) is 18.8. The highest BCUT2D eigenvalue weighted by molar-refractivity contribution is 6.42. The number of hydrogen-bond donors (Lipinski definition) is 1. The van der Waals surface area contributed by atoms with E-state index in [1.54, 1.807) is 23.1 Å². The Balaban J connectivity index is 2.33. The van der Waals surface area contributed by atoms with Crippen LogP contribution in [0.15, 0.2) is 42.5 Å². The van der Waals surface area contributed by atoms with E-state index in [1.165, 1.54) is 0 Å². The van der Waals surface area contributed by atoms with Crippen LogP contribution < -0.4 is 5.32 Å². The summed E-state index contributed by atoms with van der Waals surface area (Å²) in [6, 6.07) is 12.5. The number of amides is 2. The van der Waals surface area contributed by atoms with Gasteiger partial charge in [0.2, 0.25) is 11.8 Å². The Morgan fingerprint density at radius 2 is 1.76 bits per heavy atom. The lowest BCUT2D eigenvalue weighted by atomic mass is 10.0. The second kappa shape index (κ2) is 10.7. The molecule has 0 aromatic heterocycles. The molecule has 0 bridgehead atoms. The number of benzene rings is 2. The number of halogens is 2. The minimum Gasteiger partial charge on any atom is -0.352 e. The van der Waals surface area contributed by atoms with Crippen LogP contribution in [0, 0.1) is 6.92 Å². The van der Waals surface area contributed by atoms with E-state index in [9.17, 15) is 9.59 Å². The van der Waals surface area contributed by atoms with Gasteiger partial charge in [0, 0.05) is 12.6 Å². The zero-order valence-electron chi connectivity index (χ0n) is 17.3. The van der Waals surface area contributed by atoms with Gasteiger partial charge in [0.1, 0.15) is 6.04 Å². The summed E-state index contributed by atoms with van der Waals surface area (Å²) in [7, 11) is 0. The van der Waals surface area contributed by atoms with Crippen molar-refractivity contribution in [2.75, 3.05) is 0 Å². The van der Waals surface area contributed by atoms with Crippen molar-refractivity contribution in [1.82, 2.24) is 10.2 Å². The summed E-state index contributed by atoms with van der Waals surface area (Å²) in [6.07, 6.45) is 0.672. The quantitative estimate of drug-likeness (QED) is 0.622. The summed E-state index contributed by atoms with van der Waals surface area (Å²) in [5.74, 6) is -0.268. The maximum Gasteiger partial charge on any atom is 0.243 e. The van der Waals surface area contributed by atoms with Crippen LogP contribution in [0.25, 0.3) is 0 Å². The van der Waals surface area contributed by atoms with Gasteiger partial charge in [-0.1, -0.05) is 60.5 Å². The smallest absolute Gasteiger partial charge is 0.243 e. The standard InChI is InChI=1S/C23H28Cl2N2O2/c1-5-21(23(29)26-15(2)3)27(14-18-9-7-6-8-16(18)4)22(28)13-17-10-11-19(24)20(25)12-17/h6-12,15,21H,5,13-14H2,1-4H3,(H,26,29). The third kappa shape index (κ3) is 6.48. The molecule has 2 amide bonds. The molecule has 1 N–H and O–H groups in total. The first-order valence-electron chi connectivity index (χ1n) is 9.81. The van der Waals surface area contributed by atoms with Gasteiger partial charge in [-0.05, 0) is 56.0 Å². The molecule has 0 saturated carbocycles. The molecule has 2 rings (SSSR count). The van der Waals surface area contributed by atoms with E-state index in [0.29, 0.717) is 23.0 Å². The van der Waals surface area contributed by atoms with Gasteiger partial charge in [-0.2, -0.15) is 0 Å². The first kappa shape index (κ1) is 23.2. The lowest BCUT2D eigenvalue weighted by molar-refractivity contribution is -0.141. The average Bonchev–Trinajstić information content (AvgIpc) is 2.65. The SMILES string of the molecule is CCC(C(=O)NC(C)C)N(Cc1ccccc1C)C(=O)Cc1ccc(Cl)c(Cl)c1. The van der Waals surface area contributed by atoms with E-state index in [-0.39, 0.29) is 24.3 Å². The molecule has 2 aromatic rings. The molecule has 0 spiro atoms. The summed E-state index contributed by atoms with van der Waals surface area (Å²) in [5.41, 5.74) is 2.86. The first-order valence-corrected chi connectivity index (χ1v) is 10.6. The fourth-order valence-electron chi connectivity index (χ4n) is 3.20. The largest absolute Gasteiger partial charge is 0.352 e. The first-order chi connectivity index (χ1) is 13.7. The van der Waals surface area contributed by atoms with Crippen molar-refractivity contribution in [2.45, 2.75) is 59.2 Å². The lowest BCUT2D eigenvalue weighted by Gasteiger charge is -2.31. The van der Waals surface area contributed by atoms with E-state index in [1.807, 2.05) is 52.0 Å². The third-order valence-electron chi connectivity index (χ3n) is 4.76. The highest BCUT2D eigenvalue weighted by atomic mass is 35.5. The zero-order chi connectivity index (χ0) is 21.6. The number of carbonyl (C=O) groups excluding carboxylic acids is 2. The number of hydrogen-bond acceptors (Lipinski definition) is 2. The van der Waals surface area contributed by atoms with Crippen LogP contribution in [0.3, 0.4) is 0 Å². The molecule has 156 valence electrons. The van der Waals surface area contributed by atoms with Gasteiger partial charge < -0.3 is 10.2 Å². The van der Waals surface area contributed by atoms with E-state index >= 15 is 0 Å². The van der Waals surface area contributed by atoms with Crippen molar-refractivity contribution >= 4 is 35.0 Å². The van der Waals surface area contributed by atoms with Crippen LogP contribution in [0.4, 0.5) is 0 Å². The Labute approximate surface area is 183 Å². The molecule has 1 unspecified atom stereocenters. The molecule has 0 aliphatic heterocycles. The van der Waals surface area contributed by atoms with Crippen molar-refractivity contribution in [1.29, 1.82) is 0 Å². The molecular formula is C23H28Cl2N2O2. The molecule has 6 heteroatoms. The Kier molecular flexibility index (Phi) is 8.54. The second-order valence-electron chi connectivity index (χ2n) is 7.46. The van der Waals surface area contributed by atoms with Gasteiger partial charge in [-0.15, -0.1) is 0 Å². The number of rotatable bonds is 8. The van der Waals surface area contributed by atoms with Gasteiger partial charge >= 0.3 is 0 Å². The Morgan fingerprint density at radius 3 is 2.34 bits per heavy atom. The third-order valence-corrected chi connectivity index (χ3v) is 5.50. The molecule has 0 fully saturated rings. The Hall–Kier alpha value is -2.04. The van der Waals surface area contributed by atoms with Gasteiger partial charge in [0.25, 0.3) is 0 Å². The second-order valence-corrected chi connectivity index (χ2v) is 8.28. The Bertz CT molecular complexity index is 868. The van der Waals surface area contributed by atoms with Crippen LogP contribution >= 0.6 is 23.2 Å². The van der Waals surface area contributed by atoms with Gasteiger partial charge in [0.15, 0.2) is 0 Å². The van der Waals surface area contributed by atoms with Crippen LogP contribution in [0.5, 0.6) is 0 Å². The molecule has 0 heterocycles. The van der Waals surface area contributed by atoms with Crippen LogP contribution in [-0.2, 0) is 22.6 Å². The average molecular weight is 435 g/mol. The van der Waals surface area contributed by atoms with Crippen LogP contribution in [-0.4, -0.2) is 28.8 Å². The summed E-state index contributed by atoms with van der Waals surface area (Å²) in [4.78, 5) is 27.8. The minimum absolute atomic E-state index is 0.00188. The van der Waals surface area contributed by atoms with Crippen molar-refractivity contribution in [3.05, 3.63) is 69.2 Å². The maximum absolute atomic E-state index is 13.3. The number of carbonyl (C=O) groups is 2. The van der Waals surface area contributed by atoms with E-state index in [0.717, 1.165) is 16.7 Å². The number of nitrogens with one attached hydrogen (secondary N) is 1. The molecule has 29 heavy (non-hydrogen) atoms. The summed E-state index contributed by atoms with van der Waals surface area (Å²) in [6.45, 7) is 8.12. The van der Waals surface area contributed by atoms with E-state index in [4.69, 9.17) is 23.2 Å². The van der Waals surface area contributed by atoms with Crippen molar-refractivity contribution in [3.8, 4) is 0 Å². The number of nitrogens with zero attached hydrogens (tertiary/aromatic N) is 1. The van der Waals surface area contributed by atoms with Gasteiger partial charge in [-0.25, -0.2) is 0 Å². The fraction of sp³-hybridized carbons (Fsp3) is 0.391. The van der Waals surface area contributed by atoms with E-state index < -0.39 is 6.04 Å². The number of aryl methyl sites for hydroxylation is 1. The summed E-state index contributed by atoms with van der Waals surface area (Å²) < 4.78 is 0. The molecular weight excluding hydrogens is 407 g/mol. The predicted molar refractivity (Wildman–Crippen MR) is 119 cm³/mol. The highest BCUT2D eigenvalue weighted by Gasteiger charge is 2.29. The van der Waals surface area contributed by atoms with Crippen LogP contribution in [0.1, 0.15) is 43.9 Å². The molecule has 0 aliphatic carbocycles. The minimum atomic E-state index is -0.549. The monoisotopic (exact) mass is 434 g/mol. The lowest BCUT2D eigenvalue weighted by Crippen LogP contribution is -2.50. The normalized spacial score (nSPS) is 12.0. The summed E-state index contributed by atoms with van der Waals surface area (Å²) >= 11 is 12.1. The van der Waals surface area contributed by atoms with Crippen molar-refractivity contribution < 1.29 is 9.59 Å². The van der Waals surface area contributed by atoms with Crippen molar-refractivity contribution in [2.24, 2.45) is 0 Å².